The van der Waals surface area contributed by atoms with Crippen LogP contribution in [0.25, 0.3) is 0 Å². The number of alkyl halides is 3. The van der Waals surface area contributed by atoms with Crippen LogP contribution in [-0.4, -0.2) is 5.91 Å². The van der Waals surface area contributed by atoms with Crippen molar-refractivity contribution in [1.29, 1.82) is 0 Å². The minimum atomic E-state index is -4.34. The largest absolute Gasteiger partial charge is 0.416 e. The molecule has 3 rings (SSSR count). The highest BCUT2D eigenvalue weighted by molar-refractivity contribution is 5.94. The van der Waals surface area contributed by atoms with E-state index in [0.29, 0.717) is 35.6 Å². The molecule has 0 saturated heterocycles. The van der Waals surface area contributed by atoms with Gasteiger partial charge in [0.25, 0.3) is 0 Å². The van der Waals surface area contributed by atoms with Crippen molar-refractivity contribution in [2.75, 3.05) is 16.4 Å². The Hall–Kier alpha value is -3.48. The number of hydrogen-bond donors (Lipinski definition) is 3. The van der Waals surface area contributed by atoms with E-state index in [2.05, 4.69) is 22.8 Å². The van der Waals surface area contributed by atoms with Crippen molar-refractivity contribution in [3.8, 4) is 0 Å². The maximum Gasteiger partial charge on any atom is 0.416 e. The van der Waals surface area contributed by atoms with Gasteiger partial charge in [0.2, 0.25) is 5.91 Å². The standard InChI is InChI=1S/C27H30F3N3O/c28-27(29,30)22-14-12-21(13-15-22)19-32-23-16-17-25(24(31)18-23)33-26(34)11-7-2-1-4-8-20-9-5-3-6-10-20/h3,5-6,9-10,12-18,32H,1-2,4,7-8,11,19,31H2,(H,33,34). The number of rotatable bonds is 11. The summed E-state index contributed by atoms with van der Waals surface area (Å²) in [6.45, 7) is 0.355. The third kappa shape index (κ3) is 8.14. The average molecular weight is 470 g/mol. The minimum Gasteiger partial charge on any atom is -0.397 e. The highest BCUT2D eigenvalue weighted by atomic mass is 19.4. The zero-order valence-electron chi connectivity index (χ0n) is 19.0. The van der Waals surface area contributed by atoms with Crippen molar-refractivity contribution in [2.24, 2.45) is 0 Å². The molecule has 180 valence electrons. The van der Waals surface area contributed by atoms with Crippen LogP contribution in [0.4, 0.5) is 30.2 Å². The molecule has 0 aliphatic heterocycles. The van der Waals surface area contributed by atoms with E-state index < -0.39 is 11.7 Å². The fourth-order valence-electron chi connectivity index (χ4n) is 3.63. The van der Waals surface area contributed by atoms with E-state index in [1.165, 1.54) is 17.7 Å². The van der Waals surface area contributed by atoms with E-state index >= 15 is 0 Å². The zero-order chi connectivity index (χ0) is 24.4. The van der Waals surface area contributed by atoms with E-state index in [9.17, 15) is 18.0 Å². The summed E-state index contributed by atoms with van der Waals surface area (Å²) in [7, 11) is 0. The van der Waals surface area contributed by atoms with Crippen molar-refractivity contribution in [3.63, 3.8) is 0 Å². The van der Waals surface area contributed by atoms with Crippen LogP contribution in [0.2, 0.25) is 0 Å². The number of carbonyl (C=O) groups is 1. The molecule has 3 aromatic rings. The van der Waals surface area contributed by atoms with Crippen LogP contribution in [0.5, 0.6) is 0 Å². The maximum atomic E-state index is 12.7. The van der Waals surface area contributed by atoms with Crippen molar-refractivity contribution in [3.05, 3.63) is 89.5 Å². The number of aryl methyl sites for hydroxylation is 1. The summed E-state index contributed by atoms with van der Waals surface area (Å²) in [5.74, 6) is -0.0692. The van der Waals surface area contributed by atoms with Gasteiger partial charge in [0, 0.05) is 18.7 Å². The molecule has 0 atom stereocenters. The summed E-state index contributed by atoms with van der Waals surface area (Å²) in [6.07, 6.45) is 1.18. The normalized spacial score (nSPS) is 11.3. The molecule has 0 bridgehead atoms. The molecule has 0 aromatic heterocycles. The molecule has 0 saturated carbocycles. The van der Waals surface area contributed by atoms with Gasteiger partial charge in [-0.2, -0.15) is 13.2 Å². The van der Waals surface area contributed by atoms with Gasteiger partial charge in [-0.15, -0.1) is 0 Å². The second kappa shape index (κ2) is 12.1. The van der Waals surface area contributed by atoms with Gasteiger partial charge in [0.05, 0.1) is 16.9 Å². The van der Waals surface area contributed by atoms with E-state index in [4.69, 9.17) is 5.73 Å². The number of halogens is 3. The van der Waals surface area contributed by atoms with E-state index in [-0.39, 0.29) is 5.91 Å². The predicted molar refractivity (Wildman–Crippen MR) is 131 cm³/mol. The molecule has 3 aromatic carbocycles. The molecule has 1 amide bonds. The molecular formula is C27H30F3N3O. The van der Waals surface area contributed by atoms with Crippen LogP contribution in [0.1, 0.15) is 48.8 Å². The number of amides is 1. The van der Waals surface area contributed by atoms with Crippen LogP contribution in [0.15, 0.2) is 72.8 Å². The average Bonchev–Trinajstić information content (AvgIpc) is 2.82. The topological polar surface area (TPSA) is 67.2 Å². The highest BCUT2D eigenvalue weighted by Gasteiger charge is 2.29. The molecule has 0 aliphatic carbocycles. The summed E-state index contributed by atoms with van der Waals surface area (Å²) < 4.78 is 38.0. The molecule has 0 heterocycles. The number of benzene rings is 3. The van der Waals surface area contributed by atoms with Gasteiger partial charge in [-0.05, 0) is 60.7 Å². The predicted octanol–water partition coefficient (Wildman–Crippen LogP) is 7.03. The second-order valence-electron chi connectivity index (χ2n) is 8.30. The quantitative estimate of drug-likeness (QED) is 0.209. The van der Waals surface area contributed by atoms with Gasteiger partial charge < -0.3 is 16.4 Å². The number of hydrogen-bond acceptors (Lipinski definition) is 3. The lowest BCUT2D eigenvalue weighted by Crippen LogP contribution is -2.12. The molecule has 0 aliphatic rings. The van der Waals surface area contributed by atoms with Gasteiger partial charge in [-0.25, -0.2) is 0 Å². The Balaban J connectivity index is 1.37. The molecule has 0 spiro atoms. The van der Waals surface area contributed by atoms with E-state index in [0.717, 1.165) is 44.2 Å². The monoisotopic (exact) mass is 469 g/mol. The van der Waals surface area contributed by atoms with Crippen LogP contribution >= 0.6 is 0 Å². The van der Waals surface area contributed by atoms with Gasteiger partial charge in [0.15, 0.2) is 0 Å². The van der Waals surface area contributed by atoms with Gasteiger partial charge >= 0.3 is 6.18 Å². The van der Waals surface area contributed by atoms with Gasteiger partial charge in [-0.1, -0.05) is 55.3 Å². The zero-order valence-corrected chi connectivity index (χ0v) is 19.0. The first-order valence-corrected chi connectivity index (χ1v) is 11.4. The first kappa shape index (κ1) is 25.1. The minimum absolute atomic E-state index is 0.0692. The van der Waals surface area contributed by atoms with Crippen LogP contribution < -0.4 is 16.4 Å². The fraction of sp³-hybridized carbons (Fsp3) is 0.296. The fourth-order valence-corrected chi connectivity index (χ4v) is 3.63. The van der Waals surface area contributed by atoms with Crippen LogP contribution in [0.3, 0.4) is 0 Å². The third-order valence-corrected chi connectivity index (χ3v) is 5.57. The Morgan fingerprint density at radius 2 is 1.53 bits per heavy atom. The molecule has 34 heavy (non-hydrogen) atoms. The third-order valence-electron chi connectivity index (χ3n) is 5.57. The molecule has 4 nitrogen and oxygen atoms in total. The summed E-state index contributed by atoms with van der Waals surface area (Å²) in [4.78, 5) is 12.3. The van der Waals surface area contributed by atoms with Crippen molar-refractivity contribution in [2.45, 2.75) is 51.2 Å². The number of anilines is 3. The van der Waals surface area contributed by atoms with E-state index in [1.807, 2.05) is 18.2 Å². The summed E-state index contributed by atoms with van der Waals surface area (Å²) in [5, 5.41) is 5.98. The Bertz CT molecular complexity index is 1050. The van der Waals surface area contributed by atoms with Crippen LogP contribution in [-0.2, 0) is 23.9 Å². The summed E-state index contributed by atoms with van der Waals surface area (Å²) >= 11 is 0. The van der Waals surface area contributed by atoms with Crippen molar-refractivity contribution < 1.29 is 18.0 Å². The SMILES string of the molecule is Nc1cc(NCc2ccc(C(F)(F)F)cc2)ccc1NC(=O)CCCCCCc1ccccc1. The smallest absolute Gasteiger partial charge is 0.397 e. The lowest BCUT2D eigenvalue weighted by atomic mass is 10.1. The summed E-state index contributed by atoms with van der Waals surface area (Å²) in [5.41, 5.74) is 9.15. The number of nitrogen functional groups attached to an aromatic ring is 1. The summed E-state index contributed by atoms with van der Waals surface area (Å²) in [6, 6.07) is 20.6. The Morgan fingerprint density at radius 3 is 2.21 bits per heavy atom. The lowest BCUT2D eigenvalue weighted by molar-refractivity contribution is -0.137. The van der Waals surface area contributed by atoms with E-state index in [1.54, 1.807) is 18.2 Å². The lowest BCUT2D eigenvalue weighted by Gasteiger charge is -2.12. The number of nitrogens with one attached hydrogen (secondary N) is 2. The second-order valence-corrected chi connectivity index (χ2v) is 8.30. The molecule has 7 heteroatoms. The number of carbonyl (C=O) groups excluding carboxylic acids is 1. The highest BCUT2D eigenvalue weighted by Crippen LogP contribution is 2.29. The Labute approximate surface area is 198 Å². The van der Waals surface area contributed by atoms with Crippen molar-refractivity contribution in [1.82, 2.24) is 0 Å². The first-order valence-electron chi connectivity index (χ1n) is 11.4. The van der Waals surface area contributed by atoms with Crippen molar-refractivity contribution >= 4 is 23.0 Å². The van der Waals surface area contributed by atoms with Crippen LogP contribution in [0, 0.1) is 0 Å². The molecule has 0 fully saturated rings. The Morgan fingerprint density at radius 1 is 0.824 bits per heavy atom. The molecule has 4 N–H and O–H groups in total. The maximum absolute atomic E-state index is 12.7. The molecule has 0 radical (unpaired) electrons. The Kier molecular flexibility index (Phi) is 8.96. The number of nitrogens with two attached hydrogens (primary N) is 1. The molecule has 0 unspecified atom stereocenters. The van der Waals surface area contributed by atoms with Gasteiger partial charge in [0.1, 0.15) is 0 Å². The van der Waals surface area contributed by atoms with Gasteiger partial charge in [-0.3, -0.25) is 4.79 Å². The molecular weight excluding hydrogens is 439 g/mol. The first-order chi connectivity index (χ1) is 16.3. The number of unbranched alkanes of at least 4 members (excludes halogenated alkanes) is 3.